The second kappa shape index (κ2) is 7.61. The Balaban J connectivity index is 2.27. The molecule has 0 amide bonds. The summed E-state index contributed by atoms with van der Waals surface area (Å²) in [6.07, 6.45) is 1.35. The van der Waals surface area contributed by atoms with Crippen molar-refractivity contribution in [1.29, 1.82) is 0 Å². The van der Waals surface area contributed by atoms with Gasteiger partial charge < -0.3 is 10.2 Å². The summed E-state index contributed by atoms with van der Waals surface area (Å²) in [7, 11) is 0. The highest BCUT2D eigenvalue weighted by atomic mass is 15.2. The summed E-state index contributed by atoms with van der Waals surface area (Å²) in [5.41, 5.74) is 0.239. The van der Waals surface area contributed by atoms with Crippen LogP contribution in [0, 0.1) is 5.92 Å². The standard InChI is InChI=1S/C16H35N3/c1-7-19(8-2)15-9-10-18(13-15)12-14(3)11-17-16(4,5)6/h14-15,17H,7-13H2,1-6H3. The van der Waals surface area contributed by atoms with Crippen LogP contribution in [0.2, 0.25) is 0 Å². The fourth-order valence-electron chi connectivity index (χ4n) is 3.00. The topological polar surface area (TPSA) is 18.5 Å². The van der Waals surface area contributed by atoms with Crippen molar-refractivity contribution in [2.24, 2.45) is 5.92 Å². The first-order chi connectivity index (χ1) is 8.85. The molecule has 1 saturated heterocycles. The smallest absolute Gasteiger partial charge is 0.0235 e. The lowest BCUT2D eigenvalue weighted by Gasteiger charge is -2.28. The average Bonchev–Trinajstić information content (AvgIpc) is 2.76. The maximum atomic E-state index is 3.61. The van der Waals surface area contributed by atoms with E-state index in [1.54, 1.807) is 0 Å². The molecular weight excluding hydrogens is 234 g/mol. The number of nitrogens with zero attached hydrogens (tertiary/aromatic N) is 2. The SMILES string of the molecule is CCN(CC)C1CCN(CC(C)CNC(C)(C)C)C1. The molecule has 0 radical (unpaired) electrons. The molecule has 2 unspecified atom stereocenters. The number of likely N-dealkylation sites (N-methyl/N-ethyl adjacent to an activating group) is 1. The average molecular weight is 269 g/mol. The lowest BCUT2D eigenvalue weighted by atomic mass is 10.1. The summed E-state index contributed by atoms with van der Waals surface area (Å²) in [6, 6.07) is 0.790. The van der Waals surface area contributed by atoms with Crippen molar-refractivity contribution >= 4 is 0 Å². The van der Waals surface area contributed by atoms with Crippen LogP contribution in [0.5, 0.6) is 0 Å². The summed E-state index contributed by atoms with van der Waals surface area (Å²) >= 11 is 0. The normalized spacial score (nSPS) is 23.2. The van der Waals surface area contributed by atoms with Crippen molar-refractivity contribution in [1.82, 2.24) is 15.1 Å². The Morgan fingerprint density at radius 1 is 1.26 bits per heavy atom. The zero-order valence-electron chi connectivity index (χ0n) is 14.0. The zero-order chi connectivity index (χ0) is 14.5. The summed E-state index contributed by atoms with van der Waals surface area (Å²) in [5.74, 6) is 0.731. The van der Waals surface area contributed by atoms with Gasteiger partial charge in [-0.15, -0.1) is 0 Å². The fourth-order valence-corrected chi connectivity index (χ4v) is 3.00. The third kappa shape index (κ3) is 6.24. The molecule has 114 valence electrons. The number of rotatable bonds is 7. The Kier molecular flexibility index (Phi) is 6.78. The number of hydrogen-bond donors (Lipinski definition) is 1. The second-order valence-electron chi connectivity index (χ2n) is 7.16. The molecule has 2 atom stereocenters. The van der Waals surface area contributed by atoms with Gasteiger partial charge in [0, 0.05) is 24.7 Å². The summed E-state index contributed by atoms with van der Waals surface area (Å²) < 4.78 is 0. The van der Waals surface area contributed by atoms with E-state index < -0.39 is 0 Å². The van der Waals surface area contributed by atoms with Gasteiger partial charge in [0.25, 0.3) is 0 Å². The van der Waals surface area contributed by atoms with Gasteiger partial charge in [0.15, 0.2) is 0 Å². The van der Waals surface area contributed by atoms with Crippen molar-refractivity contribution in [2.45, 2.75) is 59.5 Å². The molecular formula is C16H35N3. The molecule has 0 bridgehead atoms. The fraction of sp³-hybridized carbons (Fsp3) is 1.00. The largest absolute Gasteiger partial charge is 0.312 e. The highest BCUT2D eigenvalue weighted by Gasteiger charge is 2.26. The van der Waals surface area contributed by atoms with E-state index in [0.29, 0.717) is 0 Å². The van der Waals surface area contributed by atoms with Crippen LogP contribution in [0.4, 0.5) is 0 Å². The summed E-state index contributed by atoms with van der Waals surface area (Å²) in [6.45, 7) is 20.9. The van der Waals surface area contributed by atoms with Crippen LogP contribution in [0.25, 0.3) is 0 Å². The Hall–Kier alpha value is -0.120. The number of nitrogens with one attached hydrogen (secondary N) is 1. The van der Waals surface area contributed by atoms with Crippen LogP contribution in [0.3, 0.4) is 0 Å². The predicted molar refractivity (Wildman–Crippen MR) is 84.7 cm³/mol. The lowest BCUT2D eigenvalue weighted by Crippen LogP contribution is -2.42. The van der Waals surface area contributed by atoms with E-state index in [1.165, 1.54) is 39.1 Å². The molecule has 0 saturated carbocycles. The van der Waals surface area contributed by atoms with Crippen LogP contribution in [-0.4, -0.2) is 60.6 Å². The Morgan fingerprint density at radius 2 is 1.89 bits per heavy atom. The number of hydrogen-bond acceptors (Lipinski definition) is 3. The quantitative estimate of drug-likeness (QED) is 0.766. The molecule has 3 heteroatoms. The van der Waals surface area contributed by atoms with Gasteiger partial charge in [-0.3, -0.25) is 4.90 Å². The highest BCUT2D eigenvalue weighted by molar-refractivity contribution is 4.84. The van der Waals surface area contributed by atoms with Gasteiger partial charge in [0.1, 0.15) is 0 Å². The predicted octanol–water partition coefficient (Wildman–Crippen LogP) is 2.43. The lowest BCUT2D eigenvalue weighted by molar-refractivity contribution is 0.201. The van der Waals surface area contributed by atoms with Gasteiger partial charge >= 0.3 is 0 Å². The molecule has 3 nitrogen and oxygen atoms in total. The van der Waals surface area contributed by atoms with Crippen molar-refractivity contribution in [2.75, 3.05) is 39.3 Å². The van der Waals surface area contributed by atoms with Crippen LogP contribution >= 0.6 is 0 Å². The minimum atomic E-state index is 0.239. The van der Waals surface area contributed by atoms with Gasteiger partial charge in [0.2, 0.25) is 0 Å². The minimum Gasteiger partial charge on any atom is -0.312 e. The molecule has 0 spiro atoms. The van der Waals surface area contributed by atoms with Gasteiger partial charge in [0.05, 0.1) is 0 Å². The van der Waals surface area contributed by atoms with Gasteiger partial charge in [-0.05, 0) is 59.3 Å². The van der Waals surface area contributed by atoms with Gasteiger partial charge in [-0.1, -0.05) is 20.8 Å². The molecule has 1 N–H and O–H groups in total. The van der Waals surface area contributed by atoms with Crippen LogP contribution in [0.15, 0.2) is 0 Å². The zero-order valence-corrected chi connectivity index (χ0v) is 14.0. The van der Waals surface area contributed by atoms with Crippen molar-refractivity contribution in [3.63, 3.8) is 0 Å². The Morgan fingerprint density at radius 3 is 2.42 bits per heavy atom. The van der Waals surface area contributed by atoms with Crippen molar-refractivity contribution in [3.8, 4) is 0 Å². The molecule has 1 aliphatic rings. The molecule has 0 aromatic rings. The summed E-state index contributed by atoms with van der Waals surface area (Å²) in [4.78, 5) is 5.26. The first-order valence-electron chi connectivity index (χ1n) is 8.07. The molecule has 0 aliphatic carbocycles. The van der Waals surface area contributed by atoms with Gasteiger partial charge in [-0.2, -0.15) is 0 Å². The van der Waals surface area contributed by atoms with Crippen molar-refractivity contribution in [3.05, 3.63) is 0 Å². The molecule has 1 heterocycles. The van der Waals surface area contributed by atoms with E-state index >= 15 is 0 Å². The van der Waals surface area contributed by atoms with Gasteiger partial charge in [-0.25, -0.2) is 0 Å². The molecule has 1 aliphatic heterocycles. The molecule has 19 heavy (non-hydrogen) atoms. The third-order valence-electron chi connectivity index (χ3n) is 4.13. The maximum Gasteiger partial charge on any atom is 0.0235 e. The van der Waals surface area contributed by atoms with E-state index in [1.807, 2.05) is 0 Å². The first-order valence-corrected chi connectivity index (χ1v) is 8.07. The third-order valence-corrected chi connectivity index (χ3v) is 4.13. The Bertz CT molecular complexity index is 243. The second-order valence-corrected chi connectivity index (χ2v) is 7.16. The minimum absolute atomic E-state index is 0.239. The van der Waals surface area contributed by atoms with Crippen molar-refractivity contribution < 1.29 is 0 Å². The molecule has 0 aromatic carbocycles. The maximum absolute atomic E-state index is 3.61. The van der Waals surface area contributed by atoms with E-state index in [0.717, 1.165) is 18.5 Å². The van der Waals surface area contributed by atoms with E-state index in [9.17, 15) is 0 Å². The summed E-state index contributed by atoms with van der Waals surface area (Å²) in [5, 5.41) is 3.61. The molecule has 1 rings (SSSR count). The highest BCUT2D eigenvalue weighted by Crippen LogP contribution is 2.16. The van der Waals surface area contributed by atoms with Crippen LogP contribution < -0.4 is 5.32 Å². The molecule has 0 aromatic heterocycles. The van der Waals surface area contributed by atoms with Crippen LogP contribution in [0.1, 0.15) is 48.0 Å². The first kappa shape index (κ1) is 16.9. The molecule has 1 fully saturated rings. The van der Waals surface area contributed by atoms with Crippen LogP contribution in [-0.2, 0) is 0 Å². The Labute approximate surface area is 120 Å². The van der Waals surface area contributed by atoms with E-state index in [4.69, 9.17) is 0 Å². The number of likely N-dealkylation sites (tertiary alicyclic amines) is 1. The van der Waals surface area contributed by atoms with E-state index in [-0.39, 0.29) is 5.54 Å². The van der Waals surface area contributed by atoms with E-state index in [2.05, 4.69) is 56.7 Å². The monoisotopic (exact) mass is 269 g/mol.